The zero-order valence-corrected chi connectivity index (χ0v) is 11.4. The van der Waals surface area contributed by atoms with Crippen molar-refractivity contribution in [3.8, 4) is 11.6 Å². The van der Waals surface area contributed by atoms with Gasteiger partial charge in [0.1, 0.15) is 5.75 Å². The fourth-order valence-electron chi connectivity index (χ4n) is 1.86. The zero-order valence-electron chi connectivity index (χ0n) is 11.4. The molecule has 5 nitrogen and oxygen atoms in total. The van der Waals surface area contributed by atoms with Crippen LogP contribution in [0.2, 0.25) is 0 Å². The Hall–Kier alpha value is -2.85. The minimum Gasteiger partial charge on any atom is -0.438 e. The van der Waals surface area contributed by atoms with Crippen LogP contribution in [0.25, 0.3) is 5.65 Å². The SMILES string of the molecule is FC(F)(F)c1cccc(Oc2ccc3nnc(C(F)(F)F)n3n2)c1. The molecule has 3 aromatic rings. The van der Waals surface area contributed by atoms with Gasteiger partial charge in [-0.1, -0.05) is 6.07 Å². The third-order valence-electron chi connectivity index (χ3n) is 2.88. The van der Waals surface area contributed by atoms with Gasteiger partial charge in [0.25, 0.3) is 5.82 Å². The molecular formula is C13H6F6N4O. The van der Waals surface area contributed by atoms with Gasteiger partial charge in [0, 0.05) is 6.07 Å². The predicted octanol–water partition coefficient (Wildman–Crippen LogP) is 3.95. The number of hydrogen-bond donors (Lipinski definition) is 0. The lowest BCUT2D eigenvalue weighted by Crippen LogP contribution is -2.12. The maximum Gasteiger partial charge on any atom is 0.453 e. The molecule has 0 saturated carbocycles. The van der Waals surface area contributed by atoms with E-state index in [2.05, 4.69) is 15.3 Å². The Kier molecular flexibility index (Phi) is 3.57. The van der Waals surface area contributed by atoms with Crippen LogP contribution in [-0.2, 0) is 12.4 Å². The number of alkyl halides is 6. The average molecular weight is 348 g/mol. The van der Waals surface area contributed by atoms with Crippen LogP contribution < -0.4 is 4.74 Å². The number of benzene rings is 1. The van der Waals surface area contributed by atoms with Crippen molar-refractivity contribution in [3.05, 3.63) is 47.8 Å². The van der Waals surface area contributed by atoms with Crippen molar-refractivity contribution in [1.82, 2.24) is 19.8 Å². The van der Waals surface area contributed by atoms with Crippen molar-refractivity contribution < 1.29 is 31.1 Å². The predicted molar refractivity (Wildman–Crippen MR) is 67.3 cm³/mol. The summed E-state index contributed by atoms with van der Waals surface area (Å²) < 4.78 is 81.7. The summed E-state index contributed by atoms with van der Waals surface area (Å²) in [5.74, 6) is -1.93. The summed E-state index contributed by atoms with van der Waals surface area (Å²) >= 11 is 0. The Labute approximate surface area is 129 Å². The van der Waals surface area contributed by atoms with Crippen LogP contribution in [0, 0.1) is 0 Å². The van der Waals surface area contributed by atoms with Crippen LogP contribution in [0.15, 0.2) is 36.4 Å². The van der Waals surface area contributed by atoms with Gasteiger partial charge in [-0.05, 0) is 24.3 Å². The molecule has 126 valence electrons. The highest BCUT2D eigenvalue weighted by Crippen LogP contribution is 2.33. The first kappa shape index (κ1) is 16.0. The smallest absolute Gasteiger partial charge is 0.438 e. The molecule has 0 N–H and O–H groups in total. The average Bonchev–Trinajstić information content (AvgIpc) is 2.90. The van der Waals surface area contributed by atoms with E-state index in [-0.39, 0.29) is 17.3 Å². The molecule has 11 heteroatoms. The minimum atomic E-state index is -4.79. The Bertz CT molecular complexity index is 886. The van der Waals surface area contributed by atoms with Crippen LogP contribution in [0.4, 0.5) is 26.3 Å². The van der Waals surface area contributed by atoms with Crippen molar-refractivity contribution in [2.24, 2.45) is 0 Å². The zero-order chi connectivity index (χ0) is 17.5. The van der Waals surface area contributed by atoms with Gasteiger partial charge < -0.3 is 4.74 Å². The lowest BCUT2D eigenvalue weighted by Gasteiger charge is -2.10. The van der Waals surface area contributed by atoms with Crippen LogP contribution in [0.5, 0.6) is 11.6 Å². The van der Waals surface area contributed by atoms with Crippen LogP contribution in [-0.4, -0.2) is 19.8 Å². The molecule has 0 aliphatic carbocycles. The third-order valence-corrected chi connectivity index (χ3v) is 2.88. The van der Waals surface area contributed by atoms with Gasteiger partial charge >= 0.3 is 12.4 Å². The molecule has 1 aromatic carbocycles. The van der Waals surface area contributed by atoms with Gasteiger partial charge in [-0.3, -0.25) is 0 Å². The topological polar surface area (TPSA) is 52.3 Å². The van der Waals surface area contributed by atoms with Crippen molar-refractivity contribution >= 4 is 5.65 Å². The molecule has 0 fully saturated rings. The standard InChI is InChI=1S/C13H6F6N4O/c14-12(15,16)7-2-1-3-8(6-7)24-10-5-4-9-20-21-11(13(17,18)19)23(9)22-10/h1-6H. The molecule has 0 saturated heterocycles. The van der Waals surface area contributed by atoms with E-state index < -0.39 is 23.7 Å². The Balaban J connectivity index is 1.96. The third kappa shape index (κ3) is 3.09. The quantitative estimate of drug-likeness (QED) is 0.658. The molecule has 0 amide bonds. The summed E-state index contributed by atoms with van der Waals surface area (Å²) in [5, 5.41) is 9.85. The normalized spacial score (nSPS) is 12.6. The van der Waals surface area contributed by atoms with E-state index >= 15 is 0 Å². The Morgan fingerprint density at radius 1 is 0.875 bits per heavy atom. The number of fused-ring (bicyclic) bond motifs is 1. The second-order valence-electron chi connectivity index (χ2n) is 4.59. The molecule has 2 aromatic heterocycles. The van der Waals surface area contributed by atoms with Gasteiger partial charge in [-0.15, -0.1) is 15.3 Å². The van der Waals surface area contributed by atoms with E-state index in [1.54, 1.807) is 0 Å². The van der Waals surface area contributed by atoms with E-state index in [1.807, 2.05) is 0 Å². The molecule has 0 atom stereocenters. The van der Waals surface area contributed by atoms with E-state index in [4.69, 9.17) is 4.74 Å². The summed E-state index contributed by atoms with van der Waals surface area (Å²) in [5.41, 5.74) is -1.14. The summed E-state index contributed by atoms with van der Waals surface area (Å²) in [6.45, 7) is 0. The fourth-order valence-corrected chi connectivity index (χ4v) is 1.86. The largest absolute Gasteiger partial charge is 0.453 e. The number of ether oxygens (including phenoxy) is 1. The fraction of sp³-hybridized carbons (Fsp3) is 0.154. The Morgan fingerprint density at radius 3 is 2.29 bits per heavy atom. The first-order valence-corrected chi connectivity index (χ1v) is 6.29. The van der Waals surface area contributed by atoms with Crippen LogP contribution in [0.3, 0.4) is 0 Å². The number of hydrogen-bond acceptors (Lipinski definition) is 4. The van der Waals surface area contributed by atoms with Crippen molar-refractivity contribution in [2.75, 3.05) is 0 Å². The van der Waals surface area contributed by atoms with E-state index in [9.17, 15) is 26.3 Å². The highest BCUT2D eigenvalue weighted by molar-refractivity contribution is 5.39. The number of rotatable bonds is 2. The van der Waals surface area contributed by atoms with Crippen LogP contribution >= 0.6 is 0 Å². The highest BCUT2D eigenvalue weighted by Gasteiger charge is 2.37. The minimum absolute atomic E-state index is 0.182. The van der Waals surface area contributed by atoms with E-state index in [0.717, 1.165) is 18.2 Å². The van der Waals surface area contributed by atoms with Crippen molar-refractivity contribution in [1.29, 1.82) is 0 Å². The maximum atomic E-state index is 12.8. The Morgan fingerprint density at radius 2 is 1.62 bits per heavy atom. The van der Waals surface area contributed by atoms with Crippen molar-refractivity contribution in [2.45, 2.75) is 12.4 Å². The number of halogens is 6. The summed E-state index contributed by atoms with van der Waals surface area (Å²) in [7, 11) is 0. The summed E-state index contributed by atoms with van der Waals surface area (Å²) in [6, 6.07) is 6.20. The number of nitrogens with zero attached hydrogens (tertiary/aromatic N) is 4. The molecule has 0 aliphatic rings. The monoisotopic (exact) mass is 348 g/mol. The van der Waals surface area contributed by atoms with Gasteiger partial charge in [-0.25, -0.2) is 0 Å². The molecule has 0 bridgehead atoms. The first-order chi connectivity index (χ1) is 11.1. The number of aromatic nitrogens is 4. The van der Waals surface area contributed by atoms with Gasteiger partial charge in [0.05, 0.1) is 5.56 Å². The molecule has 0 radical (unpaired) electrons. The highest BCUT2D eigenvalue weighted by atomic mass is 19.4. The second kappa shape index (κ2) is 5.35. The molecule has 0 spiro atoms. The van der Waals surface area contributed by atoms with E-state index in [1.165, 1.54) is 12.1 Å². The lowest BCUT2D eigenvalue weighted by atomic mass is 10.2. The van der Waals surface area contributed by atoms with Crippen LogP contribution in [0.1, 0.15) is 11.4 Å². The lowest BCUT2D eigenvalue weighted by molar-refractivity contribution is -0.146. The van der Waals surface area contributed by atoms with Gasteiger partial charge in [-0.2, -0.15) is 30.9 Å². The molecule has 0 unspecified atom stereocenters. The second-order valence-corrected chi connectivity index (χ2v) is 4.59. The summed E-state index contributed by atoms with van der Waals surface area (Å²) in [6.07, 6.45) is -9.37. The van der Waals surface area contributed by atoms with Gasteiger partial charge in [0.15, 0.2) is 5.65 Å². The van der Waals surface area contributed by atoms with Crippen molar-refractivity contribution in [3.63, 3.8) is 0 Å². The van der Waals surface area contributed by atoms with Gasteiger partial charge in [0.2, 0.25) is 5.88 Å². The summed E-state index contributed by atoms with van der Waals surface area (Å²) in [4.78, 5) is 0. The molecular weight excluding hydrogens is 342 g/mol. The van der Waals surface area contributed by atoms with E-state index in [0.29, 0.717) is 10.6 Å². The molecule has 0 aliphatic heterocycles. The maximum absolute atomic E-state index is 12.8. The first-order valence-electron chi connectivity index (χ1n) is 6.29. The molecule has 3 rings (SSSR count). The molecule has 2 heterocycles. The molecule has 24 heavy (non-hydrogen) atoms.